The van der Waals surface area contributed by atoms with Gasteiger partial charge in [0.15, 0.2) is 0 Å². The van der Waals surface area contributed by atoms with E-state index in [1.54, 1.807) is 19.2 Å². The van der Waals surface area contributed by atoms with Crippen molar-refractivity contribution in [2.45, 2.75) is 6.04 Å². The Morgan fingerprint density at radius 2 is 1.64 bits per heavy atom. The number of nitrogens with one attached hydrogen (secondary N) is 3. The van der Waals surface area contributed by atoms with Gasteiger partial charge in [-0.15, -0.1) is 0 Å². The van der Waals surface area contributed by atoms with E-state index in [2.05, 4.69) is 16.0 Å². The van der Waals surface area contributed by atoms with Crippen LogP contribution in [-0.4, -0.2) is 49.1 Å². The molecule has 9 heteroatoms. The van der Waals surface area contributed by atoms with Crippen LogP contribution in [0.1, 0.15) is 10.4 Å². The van der Waals surface area contributed by atoms with E-state index in [9.17, 15) is 19.5 Å². The number of likely N-dealkylation sites (N-methyl/N-ethyl adjacent to an activating group) is 1. The molecule has 0 fully saturated rings. The first-order valence-electron chi connectivity index (χ1n) is 8.33. The highest BCUT2D eigenvalue weighted by molar-refractivity contribution is 6.40. The SMILES string of the molecule is CNCC(=O)NCC(NC(=O)c1c(Cl)cc(-c2ccccc2)cc1Cl)C(=O)O. The molecule has 0 saturated heterocycles. The number of carbonyl (C=O) groups excluding carboxylic acids is 2. The van der Waals surface area contributed by atoms with Gasteiger partial charge in [-0.05, 0) is 30.3 Å². The maximum atomic E-state index is 12.6. The Bertz CT molecular complexity index is 852. The van der Waals surface area contributed by atoms with Crippen molar-refractivity contribution in [3.63, 3.8) is 0 Å². The molecule has 2 amide bonds. The number of rotatable bonds is 8. The van der Waals surface area contributed by atoms with Crippen LogP contribution in [0.2, 0.25) is 10.0 Å². The van der Waals surface area contributed by atoms with E-state index in [4.69, 9.17) is 23.2 Å². The van der Waals surface area contributed by atoms with Gasteiger partial charge in [0.1, 0.15) is 6.04 Å². The fraction of sp³-hybridized carbons (Fsp3) is 0.211. The molecule has 0 radical (unpaired) electrons. The molecular formula is C19H19Cl2N3O4. The lowest BCUT2D eigenvalue weighted by atomic mass is 10.0. The van der Waals surface area contributed by atoms with Crippen molar-refractivity contribution in [3.05, 3.63) is 58.1 Å². The summed E-state index contributed by atoms with van der Waals surface area (Å²) in [4.78, 5) is 35.4. The van der Waals surface area contributed by atoms with Crippen molar-refractivity contribution >= 4 is 41.0 Å². The molecule has 0 heterocycles. The van der Waals surface area contributed by atoms with E-state index >= 15 is 0 Å². The molecule has 0 saturated carbocycles. The summed E-state index contributed by atoms with van der Waals surface area (Å²) in [5.41, 5.74) is 1.56. The van der Waals surface area contributed by atoms with Crippen LogP contribution in [0.5, 0.6) is 0 Å². The van der Waals surface area contributed by atoms with Crippen LogP contribution in [0.25, 0.3) is 11.1 Å². The number of hydrogen-bond acceptors (Lipinski definition) is 4. The van der Waals surface area contributed by atoms with Crippen molar-refractivity contribution < 1.29 is 19.5 Å². The van der Waals surface area contributed by atoms with Crippen molar-refractivity contribution in [2.75, 3.05) is 20.1 Å². The maximum Gasteiger partial charge on any atom is 0.328 e. The van der Waals surface area contributed by atoms with Crippen molar-refractivity contribution in [1.29, 1.82) is 0 Å². The van der Waals surface area contributed by atoms with Crippen LogP contribution < -0.4 is 16.0 Å². The number of hydrogen-bond donors (Lipinski definition) is 4. The number of carboxylic acid groups (broad SMARTS) is 1. The van der Waals surface area contributed by atoms with Gasteiger partial charge in [0.05, 0.1) is 22.2 Å². The average Bonchev–Trinajstić information content (AvgIpc) is 2.65. The molecule has 2 aromatic rings. The van der Waals surface area contributed by atoms with E-state index in [1.165, 1.54) is 0 Å². The molecule has 0 aromatic heterocycles. The second-order valence-corrected chi connectivity index (χ2v) is 6.69. The fourth-order valence-electron chi connectivity index (χ4n) is 2.46. The van der Waals surface area contributed by atoms with Crippen LogP contribution in [0.3, 0.4) is 0 Å². The molecule has 148 valence electrons. The number of aliphatic carboxylic acids is 1. The lowest BCUT2D eigenvalue weighted by Crippen LogP contribution is -2.49. The van der Waals surface area contributed by atoms with E-state index in [0.717, 1.165) is 11.1 Å². The van der Waals surface area contributed by atoms with Gasteiger partial charge in [0.25, 0.3) is 5.91 Å². The minimum Gasteiger partial charge on any atom is -0.480 e. The van der Waals surface area contributed by atoms with Crippen LogP contribution >= 0.6 is 23.2 Å². The highest BCUT2D eigenvalue weighted by Crippen LogP contribution is 2.31. The summed E-state index contributed by atoms with van der Waals surface area (Å²) >= 11 is 12.5. The molecule has 4 N–H and O–H groups in total. The number of benzene rings is 2. The number of halogens is 2. The Morgan fingerprint density at radius 3 is 2.18 bits per heavy atom. The van der Waals surface area contributed by atoms with E-state index in [-0.39, 0.29) is 28.7 Å². The summed E-state index contributed by atoms with van der Waals surface area (Å²) in [6.45, 7) is -0.252. The molecule has 0 aliphatic heterocycles. The van der Waals surface area contributed by atoms with Crippen molar-refractivity contribution in [2.24, 2.45) is 0 Å². The van der Waals surface area contributed by atoms with Crippen LogP contribution in [-0.2, 0) is 9.59 Å². The minimum atomic E-state index is -1.34. The lowest BCUT2D eigenvalue weighted by Gasteiger charge is -2.17. The summed E-state index contributed by atoms with van der Waals surface area (Å²) in [5.74, 6) is -2.44. The van der Waals surface area contributed by atoms with Crippen LogP contribution in [0, 0.1) is 0 Å². The second-order valence-electron chi connectivity index (χ2n) is 5.88. The fourth-order valence-corrected chi connectivity index (χ4v) is 3.12. The summed E-state index contributed by atoms with van der Waals surface area (Å²) in [6.07, 6.45) is 0. The quantitative estimate of drug-likeness (QED) is 0.520. The van der Waals surface area contributed by atoms with Gasteiger partial charge < -0.3 is 21.1 Å². The maximum absolute atomic E-state index is 12.6. The zero-order valence-electron chi connectivity index (χ0n) is 15.0. The van der Waals surface area contributed by atoms with Gasteiger partial charge in [-0.25, -0.2) is 4.79 Å². The van der Waals surface area contributed by atoms with E-state index in [1.807, 2.05) is 30.3 Å². The number of carbonyl (C=O) groups is 3. The monoisotopic (exact) mass is 423 g/mol. The smallest absolute Gasteiger partial charge is 0.328 e. The third kappa shape index (κ3) is 5.69. The Hall–Kier alpha value is -2.61. The minimum absolute atomic E-state index is 0.0267. The molecule has 7 nitrogen and oxygen atoms in total. The normalized spacial score (nSPS) is 11.5. The average molecular weight is 424 g/mol. The van der Waals surface area contributed by atoms with Gasteiger partial charge in [0, 0.05) is 6.54 Å². The molecule has 28 heavy (non-hydrogen) atoms. The predicted octanol–water partition coefficient (Wildman–Crippen LogP) is 2.18. The van der Waals surface area contributed by atoms with Gasteiger partial charge in [-0.2, -0.15) is 0 Å². The summed E-state index contributed by atoms with van der Waals surface area (Å²) < 4.78 is 0. The van der Waals surface area contributed by atoms with E-state index < -0.39 is 23.8 Å². The zero-order chi connectivity index (χ0) is 20.7. The first-order valence-corrected chi connectivity index (χ1v) is 9.08. The topological polar surface area (TPSA) is 108 Å². The Kier molecular flexibility index (Phi) is 7.80. The molecule has 1 unspecified atom stereocenters. The van der Waals surface area contributed by atoms with Crippen LogP contribution in [0.4, 0.5) is 0 Å². The molecule has 0 aliphatic carbocycles. The largest absolute Gasteiger partial charge is 0.480 e. The van der Waals surface area contributed by atoms with Crippen LogP contribution in [0.15, 0.2) is 42.5 Å². The highest BCUT2D eigenvalue weighted by atomic mass is 35.5. The van der Waals surface area contributed by atoms with Gasteiger partial charge >= 0.3 is 5.97 Å². The molecular weight excluding hydrogens is 405 g/mol. The van der Waals surface area contributed by atoms with Gasteiger partial charge in [-0.1, -0.05) is 53.5 Å². The molecule has 0 bridgehead atoms. The summed E-state index contributed by atoms with van der Waals surface area (Å²) in [5, 5.41) is 16.9. The molecule has 2 rings (SSSR count). The number of amides is 2. The Morgan fingerprint density at radius 1 is 1.04 bits per heavy atom. The van der Waals surface area contributed by atoms with Crippen molar-refractivity contribution in [1.82, 2.24) is 16.0 Å². The van der Waals surface area contributed by atoms with E-state index in [0.29, 0.717) is 0 Å². The standard InChI is InChI=1S/C19H19Cl2N3O4/c1-22-10-16(25)23-9-15(19(27)28)24-18(26)17-13(20)7-12(8-14(17)21)11-5-3-2-4-6-11/h2-8,15,22H,9-10H2,1H3,(H,23,25)(H,24,26)(H,27,28). The zero-order valence-corrected chi connectivity index (χ0v) is 16.5. The second kappa shape index (κ2) is 10.1. The summed E-state index contributed by atoms with van der Waals surface area (Å²) in [7, 11) is 1.58. The third-order valence-corrected chi connectivity index (χ3v) is 4.42. The van der Waals surface area contributed by atoms with Gasteiger partial charge in [0.2, 0.25) is 5.91 Å². The molecule has 2 aromatic carbocycles. The van der Waals surface area contributed by atoms with Crippen molar-refractivity contribution in [3.8, 4) is 11.1 Å². The molecule has 0 aliphatic rings. The van der Waals surface area contributed by atoms with Gasteiger partial charge in [-0.3, -0.25) is 9.59 Å². The first-order chi connectivity index (χ1) is 13.3. The number of carboxylic acids is 1. The molecule has 0 spiro atoms. The highest BCUT2D eigenvalue weighted by Gasteiger charge is 2.24. The lowest BCUT2D eigenvalue weighted by molar-refractivity contribution is -0.139. The predicted molar refractivity (Wildman–Crippen MR) is 108 cm³/mol. The molecule has 1 atom stereocenters. The summed E-state index contributed by atoms with van der Waals surface area (Å²) in [6, 6.07) is 11.2. The first kappa shape index (κ1) is 21.7. The third-order valence-electron chi connectivity index (χ3n) is 3.82. The Labute approximate surface area is 172 Å². The Balaban J connectivity index is 2.18.